The van der Waals surface area contributed by atoms with Crippen LogP contribution in [0.2, 0.25) is 0 Å². The number of nitrogens with two attached hydrogens (primary N) is 1. The topological polar surface area (TPSA) is 72.1 Å². The standard InChI is InChI=1S/C17H14N4O/c18-17(22)13-6-8-15(9-7-13)21(14-4-2-1-3-5-14)16-12-19-10-11-20-16/h1-12H,(H2,18,22). The first-order valence-electron chi connectivity index (χ1n) is 6.77. The van der Waals surface area contributed by atoms with Crippen LogP contribution in [0.3, 0.4) is 0 Å². The highest BCUT2D eigenvalue weighted by Gasteiger charge is 2.13. The van der Waals surface area contributed by atoms with E-state index >= 15 is 0 Å². The zero-order valence-electron chi connectivity index (χ0n) is 11.8. The normalized spacial score (nSPS) is 10.2. The second-order valence-electron chi connectivity index (χ2n) is 4.65. The zero-order chi connectivity index (χ0) is 15.4. The Balaban J connectivity index is 2.08. The van der Waals surface area contributed by atoms with Crippen LogP contribution in [0, 0.1) is 0 Å². The molecule has 0 radical (unpaired) electrons. The number of rotatable bonds is 4. The quantitative estimate of drug-likeness (QED) is 0.801. The van der Waals surface area contributed by atoms with Gasteiger partial charge in [-0.2, -0.15) is 0 Å². The van der Waals surface area contributed by atoms with Crippen molar-refractivity contribution >= 4 is 23.1 Å². The number of nitrogens with zero attached hydrogens (tertiary/aromatic N) is 3. The first-order valence-corrected chi connectivity index (χ1v) is 6.77. The Kier molecular flexibility index (Phi) is 3.78. The number of hydrogen-bond acceptors (Lipinski definition) is 4. The molecule has 0 fully saturated rings. The molecule has 0 saturated carbocycles. The van der Waals surface area contributed by atoms with Crippen LogP contribution in [0.4, 0.5) is 17.2 Å². The van der Waals surface area contributed by atoms with Crippen molar-refractivity contribution < 1.29 is 4.79 Å². The molecule has 3 aromatic rings. The Morgan fingerprint density at radius 3 is 2.18 bits per heavy atom. The van der Waals surface area contributed by atoms with Crippen molar-refractivity contribution in [1.29, 1.82) is 0 Å². The van der Waals surface area contributed by atoms with E-state index in [1.54, 1.807) is 30.7 Å². The average Bonchev–Trinajstić information content (AvgIpc) is 2.57. The SMILES string of the molecule is NC(=O)c1ccc(N(c2ccccc2)c2cnccn2)cc1. The summed E-state index contributed by atoms with van der Waals surface area (Å²) in [6, 6.07) is 16.9. The van der Waals surface area contributed by atoms with Crippen LogP contribution in [-0.2, 0) is 0 Å². The smallest absolute Gasteiger partial charge is 0.248 e. The Morgan fingerprint density at radius 1 is 0.909 bits per heavy atom. The first kappa shape index (κ1) is 13.8. The molecule has 5 nitrogen and oxygen atoms in total. The summed E-state index contributed by atoms with van der Waals surface area (Å²) in [4.78, 5) is 21.6. The number of para-hydroxylation sites is 1. The van der Waals surface area contributed by atoms with Gasteiger partial charge in [-0.25, -0.2) is 4.98 Å². The van der Waals surface area contributed by atoms with Crippen LogP contribution in [0.1, 0.15) is 10.4 Å². The molecular formula is C17H14N4O. The minimum atomic E-state index is -0.447. The van der Waals surface area contributed by atoms with Crippen molar-refractivity contribution in [2.24, 2.45) is 5.73 Å². The molecule has 0 saturated heterocycles. The number of anilines is 3. The maximum atomic E-state index is 11.2. The van der Waals surface area contributed by atoms with E-state index in [2.05, 4.69) is 9.97 Å². The fourth-order valence-corrected chi connectivity index (χ4v) is 2.17. The molecular weight excluding hydrogens is 276 g/mol. The van der Waals surface area contributed by atoms with E-state index in [4.69, 9.17) is 5.73 Å². The Hall–Kier alpha value is -3.21. The van der Waals surface area contributed by atoms with Crippen molar-refractivity contribution in [3.8, 4) is 0 Å². The molecule has 0 spiro atoms. The minimum Gasteiger partial charge on any atom is -0.366 e. The number of carbonyl (C=O) groups is 1. The van der Waals surface area contributed by atoms with Gasteiger partial charge in [0.2, 0.25) is 5.91 Å². The van der Waals surface area contributed by atoms with Gasteiger partial charge < -0.3 is 5.73 Å². The fourth-order valence-electron chi connectivity index (χ4n) is 2.17. The number of carbonyl (C=O) groups excluding carboxylic acids is 1. The molecule has 2 aromatic carbocycles. The van der Waals surface area contributed by atoms with Crippen molar-refractivity contribution in [2.75, 3.05) is 4.90 Å². The van der Waals surface area contributed by atoms with Crippen molar-refractivity contribution in [2.45, 2.75) is 0 Å². The second kappa shape index (κ2) is 6.05. The summed E-state index contributed by atoms with van der Waals surface area (Å²) in [5, 5.41) is 0. The fraction of sp³-hybridized carbons (Fsp3) is 0. The largest absolute Gasteiger partial charge is 0.366 e. The van der Waals surface area contributed by atoms with Crippen LogP contribution < -0.4 is 10.6 Å². The Bertz CT molecular complexity index is 718. The van der Waals surface area contributed by atoms with Gasteiger partial charge in [0.25, 0.3) is 0 Å². The molecule has 0 aliphatic heterocycles. The van der Waals surface area contributed by atoms with E-state index in [0.717, 1.165) is 11.4 Å². The number of hydrogen-bond donors (Lipinski definition) is 1. The van der Waals surface area contributed by atoms with Gasteiger partial charge in [-0.1, -0.05) is 18.2 Å². The lowest BCUT2D eigenvalue weighted by Crippen LogP contribution is -2.13. The summed E-state index contributed by atoms with van der Waals surface area (Å²) < 4.78 is 0. The van der Waals surface area contributed by atoms with Gasteiger partial charge in [-0.05, 0) is 36.4 Å². The van der Waals surface area contributed by atoms with Crippen LogP contribution >= 0.6 is 0 Å². The van der Waals surface area contributed by atoms with E-state index < -0.39 is 5.91 Å². The first-order chi connectivity index (χ1) is 10.8. The molecule has 0 unspecified atom stereocenters. The molecule has 108 valence electrons. The highest BCUT2D eigenvalue weighted by atomic mass is 16.1. The molecule has 2 N–H and O–H groups in total. The lowest BCUT2D eigenvalue weighted by Gasteiger charge is -2.23. The van der Waals surface area contributed by atoms with Crippen LogP contribution in [0.25, 0.3) is 0 Å². The molecule has 5 heteroatoms. The summed E-state index contributed by atoms with van der Waals surface area (Å²) in [5.74, 6) is 0.248. The van der Waals surface area contributed by atoms with Gasteiger partial charge in [-0.3, -0.25) is 14.7 Å². The minimum absolute atomic E-state index is 0.447. The van der Waals surface area contributed by atoms with E-state index in [1.165, 1.54) is 0 Å². The maximum Gasteiger partial charge on any atom is 0.248 e. The predicted molar refractivity (Wildman–Crippen MR) is 85.2 cm³/mol. The summed E-state index contributed by atoms with van der Waals surface area (Å²) in [6.45, 7) is 0. The number of primary amides is 1. The van der Waals surface area contributed by atoms with E-state index in [-0.39, 0.29) is 0 Å². The Morgan fingerprint density at radius 2 is 1.59 bits per heavy atom. The van der Waals surface area contributed by atoms with Gasteiger partial charge in [0, 0.05) is 29.3 Å². The molecule has 0 aliphatic rings. The van der Waals surface area contributed by atoms with Crippen LogP contribution in [0.15, 0.2) is 73.2 Å². The molecule has 1 aromatic heterocycles. The van der Waals surface area contributed by atoms with E-state index in [1.807, 2.05) is 47.4 Å². The molecule has 1 heterocycles. The zero-order valence-corrected chi connectivity index (χ0v) is 11.8. The predicted octanol–water partition coefficient (Wildman–Crippen LogP) is 3.05. The van der Waals surface area contributed by atoms with Gasteiger partial charge in [0.1, 0.15) is 0 Å². The average molecular weight is 290 g/mol. The number of amides is 1. The molecule has 0 bridgehead atoms. The van der Waals surface area contributed by atoms with Crippen molar-refractivity contribution in [1.82, 2.24) is 9.97 Å². The molecule has 22 heavy (non-hydrogen) atoms. The monoisotopic (exact) mass is 290 g/mol. The van der Waals surface area contributed by atoms with Gasteiger partial charge in [-0.15, -0.1) is 0 Å². The summed E-state index contributed by atoms with van der Waals surface area (Å²) >= 11 is 0. The maximum absolute atomic E-state index is 11.2. The molecule has 0 atom stereocenters. The van der Waals surface area contributed by atoms with E-state index in [0.29, 0.717) is 11.4 Å². The van der Waals surface area contributed by atoms with Crippen molar-refractivity contribution in [3.63, 3.8) is 0 Å². The van der Waals surface area contributed by atoms with Crippen LogP contribution in [-0.4, -0.2) is 15.9 Å². The van der Waals surface area contributed by atoms with Crippen molar-refractivity contribution in [3.05, 3.63) is 78.8 Å². The summed E-state index contributed by atoms with van der Waals surface area (Å²) in [6.07, 6.45) is 4.96. The van der Waals surface area contributed by atoms with Gasteiger partial charge >= 0.3 is 0 Å². The van der Waals surface area contributed by atoms with Gasteiger partial charge in [0.05, 0.1) is 6.20 Å². The summed E-state index contributed by atoms with van der Waals surface area (Å²) in [5.41, 5.74) is 7.58. The molecule has 1 amide bonds. The number of benzene rings is 2. The lowest BCUT2D eigenvalue weighted by atomic mass is 10.1. The molecule has 3 rings (SSSR count). The van der Waals surface area contributed by atoms with Crippen LogP contribution in [0.5, 0.6) is 0 Å². The third-order valence-electron chi connectivity index (χ3n) is 3.20. The number of aromatic nitrogens is 2. The third kappa shape index (κ3) is 2.78. The van der Waals surface area contributed by atoms with E-state index in [9.17, 15) is 4.79 Å². The van der Waals surface area contributed by atoms with Gasteiger partial charge in [0.15, 0.2) is 5.82 Å². The molecule has 0 aliphatic carbocycles. The lowest BCUT2D eigenvalue weighted by molar-refractivity contribution is 0.100. The highest BCUT2D eigenvalue weighted by molar-refractivity contribution is 5.93. The second-order valence-corrected chi connectivity index (χ2v) is 4.65. The Labute approximate surface area is 128 Å². The summed E-state index contributed by atoms with van der Waals surface area (Å²) in [7, 11) is 0. The highest BCUT2D eigenvalue weighted by Crippen LogP contribution is 2.32. The third-order valence-corrected chi connectivity index (χ3v) is 3.20.